The van der Waals surface area contributed by atoms with Gasteiger partial charge in [0.1, 0.15) is 34.8 Å². The van der Waals surface area contributed by atoms with E-state index in [2.05, 4.69) is 34.3 Å². The summed E-state index contributed by atoms with van der Waals surface area (Å²) in [5.41, 5.74) is 1.73. The molecule has 2 aliphatic rings. The van der Waals surface area contributed by atoms with Crippen LogP contribution in [0.4, 0.5) is 0 Å². The number of ether oxygens (including phenoxy) is 2. The first-order valence-corrected chi connectivity index (χ1v) is 15.0. The van der Waals surface area contributed by atoms with Gasteiger partial charge in [0.2, 0.25) is 0 Å². The van der Waals surface area contributed by atoms with E-state index in [9.17, 15) is 4.79 Å². The van der Waals surface area contributed by atoms with Crippen LogP contribution in [0.5, 0.6) is 11.5 Å². The van der Waals surface area contributed by atoms with Gasteiger partial charge < -0.3 is 9.47 Å². The van der Waals surface area contributed by atoms with Gasteiger partial charge in [0.15, 0.2) is 5.78 Å². The fourth-order valence-corrected chi connectivity index (χ4v) is 6.26. The third-order valence-corrected chi connectivity index (χ3v) is 8.69. The van der Waals surface area contributed by atoms with Crippen molar-refractivity contribution in [2.45, 2.75) is 26.7 Å². The molecule has 0 N–H and O–H groups in total. The van der Waals surface area contributed by atoms with Crippen molar-refractivity contribution in [2.75, 3.05) is 24.7 Å². The molecule has 2 heterocycles. The van der Waals surface area contributed by atoms with Gasteiger partial charge in [-0.15, -0.1) is 33.7 Å². The Labute approximate surface area is 241 Å². The third-order valence-electron chi connectivity index (χ3n) is 5.93. The first-order valence-electron chi connectivity index (χ1n) is 12.3. The summed E-state index contributed by atoms with van der Waals surface area (Å²) in [5, 5.41) is 20.4. The molecule has 2 atom stereocenters. The maximum Gasteiger partial charge on any atom is 0.153 e. The minimum atomic E-state index is 0.0630. The zero-order chi connectivity index (χ0) is 26.9. The molecule has 0 amide bonds. The van der Waals surface area contributed by atoms with Crippen LogP contribution in [0.3, 0.4) is 0 Å². The van der Waals surface area contributed by atoms with E-state index in [0.717, 1.165) is 45.9 Å². The van der Waals surface area contributed by atoms with Gasteiger partial charge in [0.25, 0.3) is 0 Å². The number of hydrogen-bond acceptors (Lipinski definition) is 9. The van der Waals surface area contributed by atoms with Gasteiger partial charge in [-0.25, -0.2) is 0 Å². The number of Topliss-reactive ketones (excluding diaryl/α,β-unsaturated/α-hetero) is 1. The monoisotopic (exact) mass is 590 g/mol. The number of carbonyl (C=O) groups excluding carboxylic acids is 1. The lowest BCUT2D eigenvalue weighted by Gasteiger charge is -2.14. The fraction of sp³-hybridized carbons (Fsp3) is 0.370. The van der Waals surface area contributed by atoms with Crippen molar-refractivity contribution in [3.63, 3.8) is 0 Å². The van der Waals surface area contributed by atoms with E-state index in [1.165, 1.54) is 23.5 Å². The van der Waals surface area contributed by atoms with Crippen molar-refractivity contribution < 1.29 is 14.3 Å². The highest BCUT2D eigenvalue weighted by Gasteiger charge is 2.29. The SMILES string of the molecule is CC[C@@H]1C(COc2ccc(Cl)cc2)=NN=C1SCC(=O)CSC1=NN=C(COc2ccc(Cl)cc2)[C@H]1CC. The lowest BCUT2D eigenvalue weighted by atomic mass is 10.0. The van der Waals surface area contributed by atoms with E-state index < -0.39 is 0 Å². The van der Waals surface area contributed by atoms with E-state index in [1.807, 2.05) is 24.3 Å². The minimum absolute atomic E-state index is 0.0630. The van der Waals surface area contributed by atoms with Gasteiger partial charge in [-0.05, 0) is 61.4 Å². The van der Waals surface area contributed by atoms with Crippen LogP contribution in [0.2, 0.25) is 10.0 Å². The Morgan fingerprint density at radius 3 is 1.47 bits per heavy atom. The molecule has 0 aromatic heterocycles. The van der Waals surface area contributed by atoms with Gasteiger partial charge in [0, 0.05) is 10.0 Å². The van der Waals surface area contributed by atoms with E-state index in [1.54, 1.807) is 24.3 Å². The lowest BCUT2D eigenvalue weighted by molar-refractivity contribution is -0.114. The number of ketones is 1. The Hall–Kier alpha value is -2.33. The molecule has 0 saturated heterocycles. The second-order valence-corrected chi connectivity index (χ2v) is 11.4. The zero-order valence-electron chi connectivity index (χ0n) is 21.1. The quantitative estimate of drug-likeness (QED) is 0.264. The summed E-state index contributed by atoms with van der Waals surface area (Å²) in [5.74, 6) is 2.36. The van der Waals surface area contributed by atoms with Crippen LogP contribution in [0, 0.1) is 11.8 Å². The first kappa shape index (κ1) is 28.7. The third kappa shape index (κ3) is 7.85. The molecule has 0 unspecified atom stereocenters. The van der Waals surface area contributed by atoms with Crippen molar-refractivity contribution in [1.82, 2.24) is 0 Å². The largest absolute Gasteiger partial charge is 0.488 e. The van der Waals surface area contributed by atoms with Gasteiger partial charge >= 0.3 is 0 Å². The molecule has 0 saturated carbocycles. The molecule has 200 valence electrons. The van der Waals surface area contributed by atoms with Crippen LogP contribution in [-0.4, -0.2) is 52.0 Å². The highest BCUT2D eigenvalue weighted by atomic mass is 35.5. The van der Waals surface area contributed by atoms with Gasteiger partial charge in [-0.2, -0.15) is 10.2 Å². The van der Waals surface area contributed by atoms with Crippen molar-refractivity contribution in [3.05, 3.63) is 58.6 Å². The normalized spacial score (nSPS) is 18.5. The molecule has 0 fully saturated rings. The number of nitrogens with zero attached hydrogens (tertiary/aromatic N) is 4. The predicted molar refractivity (Wildman–Crippen MR) is 161 cm³/mol. The maximum atomic E-state index is 12.7. The van der Waals surface area contributed by atoms with Crippen LogP contribution in [-0.2, 0) is 4.79 Å². The number of hydrogen-bond donors (Lipinski definition) is 0. The van der Waals surface area contributed by atoms with E-state index >= 15 is 0 Å². The van der Waals surface area contributed by atoms with Crippen molar-refractivity contribution in [1.29, 1.82) is 0 Å². The molecule has 11 heteroatoms. The molecule has 4 rings (SSSR count). The van der Waals surface area contributed by atoms with Gasteiger partial charge in [0.05, 0.1) is 34.8 Å². The Balaban J connectivity index is 1.18. The molecule has 7 nitrogen and oxygen atoms in total. The predicted octanol–water partition coefficient (Wildman–Crippen LogP) is 7.08. The van der Waals surface area contributed by atoms with Crippen LogP contribution < -0.4 is 9.47 Å². The van der Waals surface area contributed by atoms with E-state index in [4.69, 9.17) is 32.7 Å². The highest BCUT2D eigenvalue weighted by molar-refractivity contribution is 8.15. The molecule has 2 aromatic carbocycles. The van der Waals surface area contributed by atoms with Crippen molar-refractivity contribution >= 4 is 74.0 Å². The van der Waals surface area contributed by atoms with Gasteiger partial charge in [-0.1, -0.05) is 37.0 Å². The van der Waals surface area contributed by atoms with Crippen LogP contribution in [0.1, 0.15) is 26.7 Å². The number of rotatable bonds is 12. The smallest absolute Gasteiger partial charge is 0.153 e. The first-order chi connectivity index (χ1) is 18.5. The Morgan fingerprint density at radius 1 is 0.711 bits per heavy atom. The van der Waals surface area contributed by atoms with Crippen molar-refractivity contribution in [2.24, 2.45) is 32.2 Å². The van der Waals surface area contributed by atoms with Crippen LogP contribution in [0.15, 0.2) is 68.9 Å². The molecular formula is C27H28Cl2N4O3S2. The number of carbonyl (C=O) groups is 1. The Morgan fingerprint density at radius 2 is 1.11 bits per heavy atom. The van der Waals surface area contributed by atoms with E-state index in [0.29, 0.717) is 34.8 Å². The van der Waals surface area contributed by atoms with Crippen molar-refractivity contribution in [3.8, 4) is 11.5 Å². The summed E-state index contributed by atoms with van der Waals surface area (Å²) in [7, 11) is 0. The maximum absolute atomic E-state index is 12.7. The molecule has 0 bridgehead atoms. The molecule has 0 spiro atoms. The number of thioether (sulfide) groups is 2. The molecule has 38 heavy (non-hydrogen) atoms. The zero-order valence-corrected chi connectivity index (χ0v) is 24.2. The molecule has 0 radical (unpaired) electrons. The number of halogens is 2. The summed E-state index contributed by atoms with van der Waals surface area (Å²) in [6.07, 6.45) is 1.68. The average Bonchev–Trinajstić information content (AvgIpc) is 3.52. The summed E-state index contributed by atoms with van der Waals surface area (Å²) >= 11 is 14.8. The second kappa shape index (κ2) is 14.2. The molecule has 0 aliphatic carbocycles. The summed E-state index contributed by atoms with van der Waals surface area (Å²) < 4.78 is 11.7. The molecular weight excluding hydrogens is 563 g/mol. The van der Waals surface area contributed by atoms with Gasteiger partial charge in [-0.3, -0.25) is 4.79 Å². The summed E-state index contributed by atoms with van der Waals surface area (Å²) in [6, 6.07) is 14.4. The average molecular weight is 592 g/mol. The topological polar surface area (TPSA) is 85.0 Å². The Kier molecular flexibility index (Phi) is 10.7. The second-order valence-electron chi connectivity index (χ2n) is 8.58. The van der Waals surface area contributed by atoms with Crippen LogP contribution in [0.25, 0.3) is 0 Å². The summed E-state index contributed by atoms with van der Waals surface area (Å²) in [6.45, 7) is 4.86. The molecule has 2 aliphatic heterocycles. The lowest BCUT2D eigenvalue weighted by Crippen LogP contribution is -2.25. The Bertz CT molecular complexity index is 1150. The molecule has 2 aromatic rings. The standard InChI is InChI=1S/C27H28Cl2N4O3S2/c1-3-22-24(13-35-20-9-5-17(28)6-10-20)30-32-26(22)37-15-19(34)16-38-27-23(4-2)25(31-33-27)14-36-21-11-7-18(29)8-12-21/h5-12,22-23H,3-4,13-16H2,1-2H3/t22-,23-/m1/s1. The van der Waals surface area contributed by atoms with E-state index in [-0.39, 0.29) is 17.6 Å². The highest BCUT2D eigenvalue weighted by Crippen LogP contribution is 2.27. The summed E-state index contributed by atoms with van der Waals surface area (Å²) in [4.78, 5) is 12.7. The minimum Gasteiger partial charge on any atom is -0.488 e. The van der Waals surface area contributed by atoms with Crippen LogP contribution >= 0.6 is 46.7 Å². The number of benzene rings is 2. The fourth-order valence-electron chi connectivity index (χ4n) is 3.86.